The van der Waals surface area contributed by atoms with E-state index < -0.39 is 5.41 Å². The number of hydrogen-bond donors (Lipinski definition) is 2. The zero-order valence-electron chi connectivity index (χ0n) is 13.2. The molecule has 0 radical (unpaired) electrons. The first-order valence-electron chi connectivity index (χ1n) is 7.14. The summed E-state index contributed by atoms with van der Waals surface area (Å²) in [7, 11) is 1.93. The first-order valence-corrected chi connectivity index (χ1v) is 7.14. The molecule has 0 aliphatic rings. The molecule has 3 heteroatoms. The van der Waals surface area contributed by atoms with E-state index in [1.165, 1.54) is 5.57 Å². The molecule has 0 aromatic heterocycles. The molecule has 0 saturated heterocycles. The Morgan fingerprint density at radius 2 is 1.90 bits per heavy atom. The summed E-state index contributed by atoms with van der Waals surface area (Å²) in [4.78, 5) is 12.2. The Kier molecular flexibility index (Phi) is 5.96. The topological polar surface area (TPSA) is 41.1 Å². The summed E-state index contributed by atoms with van der Waals surface area (Å²) in [5, 5.41) is 6.16. The number of anilines is 1. The Morgan fingerprint density at radius 3 is 2.45 bits per heavy atom. The minimum atomic E-state index is -0.395. The van der Waals surface area contributed by atoms with Gasteiger partial charge in [-0.05, 0) is 25.1 Å². The van der Waals surface area contributed by atoms with Gasteiger partial charge in [0.1, 0.15) is 0 Å². The first kappa shape index (κ1) is 16.4. The van der Waals surface area contributed by atoms with Crippen molar-refractivity contribution in [1.82, 2.24) is 5.32 Å². The lowest BCUT2D eigenvalue weighted by Crippen LogP contribution is -2.28. The summed E-state index contributed by atoms with van der Waals surface area (Å²) >= 11 is 0. The predicted octanol–water partition coefficient (Wildman–Crippen LogP) is 3.68. The fraction of sp³-hybridized carbons (Fsp3) is 0.471. The van der Waals surface area contributed by atoms with Crippen molar-refractivity contribution in [3.05, 3.63) is 35.9 Å². The second-order valence-corrected chi connectivity index (χ2v) is 5.89. The molecule has 2 N–H and O–H groups in total. The minimum absolute atomic E-state index is 0.0361. The van der Waals surface area contributed by atoms with Crippen molar-refractivity contribution in [2.45, 2.75) is 34.1 Å². The Balaban J connectivity index is 3.07. The lowest BCUT2D eigenvalue weighted by atomic mass is 9.94. The fourth-order valence-electron chi connectivity index (χ4n) is 1.85. The number of allylic oxidation sites excluding steroid dienone is 1. The standard InChI is InChI=1S/C17H26N2O/c1-6-13(11-12-18-5)14-9-7-8-10-15(14)19-16(20)17(2,3)4/h7-11,18H,6,12H2,1-5H3,(H,19,20)/b13-11+. The lowest BCUT2D eigenvalue weighted by Gasteiger charge is -2.20. The zero-order valence-corrected chi connectivity index (χ0v) is 13.2. The molecule has 1 aromatic carbocycles. The molecule has 0 heterocycles. The molecule has 0 fully saturated rings. The largest absolute Gasteiger partial charge is 0.325 e. The van der Waals surface area contributed by atoms with E-state index in [1.54, 1.807) is 0 Å². The molecule has 0 saturated carbocycles. The molecular formula is C17H26N2O. The van der Waals surface area contributed by atoms with E-state index in [0.29, 0.717) is 0 Å². The number of likely N-dealkylation sites (N-methyl/N-ethyl adjacent to an activating group) is 1. The van der Waals surface area contributed by atoms with E-state index in [1.807, 2.05) is 46.0 Å². The Bertz CT molecular complexity index is 484. The van der Waals surface area contributed by atoms with Gasteiger partial charge in [-0.1, -0.05) is 52.0 Å². The van der Waals surface area contributed by atoms with Crippen LogP contribution in [0.1, 0.15) is 39.7 Å². The Morgan fingerprint density at radius 1 is 1.25 bits per heavy atom. The van der Waals surface area contributed by atoms with Crippen molar-refractivity contribution >= 4 is 17.2 Å². The van der Waals surface area contributed by atoms with Crippen LogP contribution in [-0.4, -0.2) is 19.5 Å². The van der Waals surface area contributed by atoms with Gasteiger partial charge in [-0.25, -0.2) is 0 Å². The number of carbonyl (C=O) groups excluding carboxylic acids is 1. The highest BCUT2D eigenvalue weighted by atomic mass is 16.2. The van der Waals surface area contributed by atoms with Crippen LogP contribution in [0.4, 0.5) is 5.69 Å². The maximum atomic E-state index is 12.2. The van der Waals surface area contributed by atoms with E-state index in [-0.39, 0.29) is 5.91 Å². The van der Waals surface area contributed by atoms with Crippen LogP contribution in [0.5, 0.6) is 0 Å². The zero-order chi connectivity index (χ0) is 15.2. The van der Waals surface area contributed by atoms with Crippen molar-refractivity contribution in [2.24, 2.45) is 5.41 Å². The molecule has 0 spiro atoms. The molecule has 20 heavy (non-hydrogen) atoms. The van der Waals surface area contributed by atoms with Gasteiger partial charge in [0, 0.05) is 23.2 Å². The number of carbonyl (C=O) groups is 1. The van der Waals surface area contributed by atoms with Gasteiger partial charge in [0.2, 0.25) is 5.91 Å². The van der Waals surface area contributed by atoms with E-state index in [2.05, 4.69) is 29.7 Å². The maximum absolute atomic E-state index is 12.2. The third-order valence-electron chi connectivity index (χ3n) is 3.14. The first-order chi connectivity index (χ1) is 9.40. The van der Waals surface area contributed by atoms with Gasteiger partial charge in [0.15, 0.2) is 0 Å². The summed E-state index contributed by atoms with van der Waals surface area (Å²) in [6.45, 7) is 8.71. The third-order valence-corrected chi connectivity index (χ3v) is 3.14. The van der Waals surface area contributed by atoms with Crippen LogP contribution in [0.2, 0.25) is 0 Å². The van der Waals surface area contributed by atoms with Crippen LogP contribution >= 0.6 is 0 Å². The average molecular weight is 274 g/mol. The second kappa shape index (κ2) is 7.25. The van der Waals surface area contributed by atoms with E-state index >= 15 is 0 Å². The molecule has 0 aliphatic heterocycles. The number of nitrogens with one attached hydrogen (secondary N) is 2. The number of amides is 1. The molecule has 0 atom stereocenters. The SMILES string of the molecule is CC/C(=C\CNC)c1ccccc1NC(=O)C(C)(C)C. The van der Waals surface area contributed by atoms with Gasteiger partial charge in [0.25, 0.3) is 0 Å². The second-order valence-electron chi connectivity index (χ2n) is 5.89. The third kappa shape index (κ3) is 4.49. The Labute approximate surface area is 122 Å². The molecular weight excluding hydrogens is 248 g/mol. The summed E-state index contributed by atoms with van der Waals surface area (Å²) in [5.41, 5.74) is 2.83. The van der Waals surface area contributed by atoms with Crippen molar-refractivity contribution in [2.75, 3.05) is 18.9 Å². The van der Waals surface area contributed by atoms with Gasteiger partial charge in [-0.3, -0.25) is 4.79 Å². The van der Waals surface area contributed by atoms with E-state index in [9.17, 15) is 4.79 Å². The van der Waals surface area contributed by atoms with Crippen molar-refractivity contribution in [1.29, 1.82) is 0 Å². The van der Waals surface area contributed by atoms with Crippen LogP contribution in [0, 0.1) is 5.41 Å². The monoisotopic (exact) mass is 274 g/mol. The van der Waals surface area contributed by atoms with Crippen LogP contribution in [-0.2, 0) is 4.79 Å². The molecule has 1 aromatic rings. The van der Waals surface area contributed by atoms with Crippen molar-refractivity contribution in [3.63, 3.8) is 0 Å². The summed E-state index contributed by atoms with van der Waals surface area (Å²) in [5.74, 6) is 0.0361. The average Bonchev–Trinajstić information content (AvgIpc) is 2.40. The number of hydrogen-bond acceptors (Lipinski definition) is 2. The van der Waals surface area contributed by atoms with Gasteiger partial charge >= 0.3 is 0 Å². The highest BCUT2D eigenvalue weighted by Crippen LogP contribution is 2.27. The Hall–Kier alpha value is -1.61. The highest BCUT2D eigenvalue weighted by molar-refractivity contribution is 5.97. The van der Waals surface area contributed by atoms with Crippen molar-refractivity contribution in [3.8, 4) is 0 Å². The van der Waals surface area contributed by atoms with Crippen LogP contribution in [0.25, 0.3) is 5.57 Å². The van der Waals surface area contributed by atoms with Gasteiger partial charge in [-0.2, -0.15) is 0 Å². The normalized spacial score (nSPS) is 12.3. The van der Waals surface area contributed by atoms with Gasteiger partial charge in [-0.15, -0.1) is 0 Å². The summed E-state index contributed by atoms with van der Waals surface area (Å²) in [6, 6.07) is 7.98. The summed E-state index contributed by atoms with van der Waals surface area (Å²) < 4.78 is 0. The van der Waals surface area contributed by atoms with Crippen LogP contribution < -0.4 is 10.6 Å². The van der Waals surface area contributed by atoms with Gasteiger partial charge in [0.05, 0.1) is 0 Å². The number of para-hydroxylation sites is 1. The molecule has 3 nitrogen and oxygen atoms in total. The summed E-state index contributed by atoms with van der Waals surface area (Å²) in [6.07, 6.45) is 3.10. The molecule has 110 valence electrons. The predicted molar refractivity (Wildman–Crippen MR) is 86.7 cm³/mol. The van der Waals surface area contributed by atoms with Gasteiger partial charge < -0.3 is 10.6 Å². The number of rotatable bonds is 5. The molecule has 1 rings (SSSR count). The van der Waals surface area contributed by atoms with E-state index in [4.69, 9.17) is 0 Å². The van der Waals surface area contributed by atoms with E-state index in [0.717, 1.165) is 24.2 Å². The van der Waals surface area contributed by atoms with Crippen LogP contribution in [0.15, 0.2) is 30.3 Å². The molecule has 1 amide bonds. The number of benzene rings is 1. The lowest BCUT2D eigenvalue weighted by molar-refractivity contribution is -0.123. The minimum Gasteiger partial charge on any atom is -0.325 e. The highest BCUT2D eigenvalue weighted by Gasteiger charge is 2.22. The van der Waals surface area contributed by atoms with Crippen LogP contribution in [0.3, 0.4) is 0 Å². The molecule has 0 bridgehead atoms. The quantitative estimate of drug-likeness (QED) is 0.860. The maximum Gasteiger partial charge on any atom is 0.229 e. The molecule has 0 unspecified atom stereocenters. The van der Waals surface area contributed by atoms with Crippen molar-refractivity contribution < 1.29 is 4.79 Å². The smallest absolute Gasteiger partial charge is 0.229 e. The molecule has 0 aliphatic carbocycles. The fourth-order valence-corrected chi connectivity index (χ4v) is 1.85.